The molecule has 0 N–H and O–H groups in total. The number of hydrogen-bond acceptors (Lipinski definition) is 2. The molecule has 0 aromatic rings. The van der Waals surface area contributed by atoms with Crippen molar-refractivity contribution in [3.63, 3.8) is 0 Å². The van der Waals surface area contributed by atoms with Gasteiger partial charge in [0.1, 0.15) is 0 Å². The second kappa shape index (κ2) is 1.50. The van der Waals surface area contributed by atoms with Crippen molar-refractivity contribution < 1.29 is 9.53 Å². The van der Waals surface area contributed by atoms with E-state index in [0.717, 1.165) is 12.8 Å². The topological polar surface area (TPSA) is 26.3 Å². The Bertz CT molecular complexity index is 118. The van der Waals surface area contributed by atoms with Crippen LogP contribution in [0, 0.1) is 0 Å². The van der Waals surface area contributed by atoms with Crippen molar-refractivity contribution in [1.29, 1.82) is 0 Å². The van der Waals surface area contributed by atoms with E-state index in [1.165, 1.54) is 7.11 Å². The molecule has 0 amide bonds. The van der Waals surface area contributed by atoms with Crippen LogP contribution in [0.5, 0.6) is 0 Å². The van der Waals surface area contributed by atoms with Crippen LogP contribution in [0.2, 0.25) is 5.31 Å². The SMILES string of the molecule is [B]C1(C(=O)OC)CC1. The van der Waals surface area contributed by atoms with E-state index in [1.807, 2.05) is 0 Å². The lowest BCUT2D eigenvalue weighted by atomic mass is 9.84. The first-order valence-corrected chi connectivity index (χ1v) is 2.56. The molecule has 2 nitrogen and oxygen atoms in total. The summed E-state index contributed by atoms with van der Waals surface area (Å²) in [4.78, 5) is 10.5. The maximum absolute atomic E-state index is 10.5. The summed E-state index contributed by atoms with van der Waals surface area (Å²) in [6.07, 6.45) is 1.55. The van der Waals surface area contributed by atoms with Gasteiger partial charge in [-0.1, -0.05) is 0 Å². The Labute approximate surface area is 49.6 Å². The highest BCUT2D eigenvalue weighted by Gasteiger charge is 2.45. The molecule has 0 aromatic carbocycles. The van der Waals surface area contributed by atoms with Crippen LogP contribution in [-0.4, -0.2) is 20.9 Å². The monoisotopic (exact) mass is 110 g/mol. The molecular formula is C5H7BO2. The van der Waals surface area contributed by atoms with E-state index in [9.17, 15) is 4.79 Å². The molecule has 1 aliphatic rings. The molecule has 0 unspecified atom stereocenters. The van der Waals surface area contributed by atoms with Crippen LogP contribution in [0.4, 0.5) is 0 Å². The van der Waals surface area contributed by atoms with Crippen molar-refractivity contribution in [2.75, 3.05) is 7.11 Å². The van der Waals surface area contributed by atoms with Crippen molar-refractivity contribution in [3.8, 4) is 0 Å². The molecule has 3 heteroatoms. The van der Waals surface area contributed by atoms with Crippen LogP contribution >= 0.6 is 0 Å². The lowest BCUT2D eigenvalue weighted by Crippen LogP contribution is -2.10. The van der Waals surface area contributed by atoms with Crippen molar-refractivity contribution in [2.24, 2.45) is 0 Å². The maximum Gasteiger partial charge on any atom is 0.302 e. The van der Waals surface area contributed by atoms with Gasteiger partial charge in [0.05, 0.1) is 15.0 Å². The van der Waals surface area contributed by atoms with Crippen LogP contribution < -0.4 is 0 Å². The van der Waals surface area contributed by atoms with Gasteiger partial charge in [-0.3, -0.25) is 4.79 Å². The van der Waals surface area contributed by atoms with Gasteiger partial charge in [-0.2, -0.15) is 0 Å². The molecular weight excluding hydrogens is 103 g/mol. The van der Waals surface area contributed by atoms with E-state index in [2.05, 4.69) is 4.74 Å². The van der Waals surface area contributed by atoms with Crippen LogP contribution in [0.1, 0.15) is 12.8 Å². The Morgan fingerprint density at radius 2 is 2.25 bits per heavy atom. The summed E-state index contributed by atoms with van der Waals surface area (Å²) < 4.78 is 4.41. The van der Waals surface area contributed by atoms with Gasteiger partial charge in [0.15, 0.2) is 0 Å². The van der Waals surface area contributed by atoms with Crippen molar-refractivity contribution in [3.05, 3.63) is 0 Å². The minimum atomic E-state index is -0.602. The third-order valence-corrected chi connectivity index (χ3v) is 1.38. The second-order valence-electron chi connectivity index (χ2n) is 2.15. The number of esters is 1. The number of hydrogen-bond donors (Lipinski definition) is 0. The average molecular weight is 110 g/mol. The first-order valence-electron chi connectivity index (χ1n) is 2.56. The number of ether oxygens (including phenoxy) is 1. The molecule has 0 aromatic heterocycles. The largest absolute Gasteiger partial charge is 0.469 e. The Morgan fingerprint density at radius 3 is 2.38 bits per heavy atom. The molecule has 0 atom stereocenters. The fourth-order valence-corrected chi connectivity index (χ4v) is 0.542. The molecule has 0 saturated heterocycles. The summed E-state index contributed by atoms with van der Waals surface area (Å²) in [6, 6.07) is 0. The highest BCUT2D eigenvalue weighted by atomic mass is 16.5. The van der Waals surface area contributed by atoms with Crippen molar-refractivity contribution in [2.45, 2.75) is 18.2 Å². The lowest BCUT2D eigenvalue weighted by molar-refractivity contribution is -0.141. The fraction of sp³-hybridized carbons (Fsp3) is 0.800. The molecule has 0 bridgehead atoms. The third-order valence-electron chi connectivity index (χ3n) is 1.38. The van der Waals surface area contributed by atoms with E-state index in [-0.39, 0.29) is 5.97 Å². The molecule has 42 valence electrons. The van der Waals surface area contributed by atoms with Gasteiger partial charge in [0.25, 0.3) is 0 Å². The number of carbonyl (C=O) groups excluding carboxylic acids is 1. The Balaban J connectivity index is 2.46. The van der Waals surface area contributed by atoms with E-state index < -0.39 is 5.31 Å². The summed E-state index contributed by atoms with van der Waals surface area (Å²) in [5, 5.41) is -0.602. The van der Waals surface area contributed by atoms with Crippen LogP contribution in [0.15, 0.2) is 0 Å². The highest BCUT2D eigenvalue weighted by Crippen LogP contribution is 2.50. The van der Waals surface area contributed by atoms with Gasteiger partial charge in [-0.15, -0.1) is 0 Å². The summed E-state index contributed by atoms with van der Waals surface area (Å²) >= 11 is 0. The highest BCUT2D eigenvalue weighted by molar-refractivity contribution is 6.29. The zero-order chi connectivity index (χ0) is 6.20. The molecule has 1 aliphatic carbocycles. The third kappa shape index (κ3) is 0.724. The minimum absolute atomic E-state index is 0.280. The Kier molecular flexibility index (Phi) is 1.07. The first-order chi connectivity index (χ1) is 3.69. The van der Waals surface area contributed by atoms with Gasteiger partial charge in [0, 0.05) is 5.31 Å². The molecule has 1 rings (SSSR count). The first kappa shape index (κ1) is 5.67. The number of methoxy groups -OCH3 is 1. The van der Waals surface area contributed by atoms with Gasteiger partial charge in [-0.25, -0.2) is 0 Å². The number of rotatable bonds is 1. The predicted molar refractivity (Wildman–Crippen MR) is 29.7 cm³/mol. The predicted octanol–water partition coefficient (Wildman–Crippen LogP) is 0.280. The van der Waals surface area contributed by atoms with Gasteiger partial charge in [0.2, 0.25) is 0 Å². The van der Waals surface area contributed by atoms with Gasteiger partial charge in [-0.05, 0) is 12.8 Å². The van der Waals surface area contributed by atoms with Crippen molar-refractivity contribution in [1.82, 2.24) is 0 Å². The summed E-state index contributed by atoms with van der Waals surface area (Å²) in [5.74, 6) is -0.280. The Hall–Kier alpha value is -0.465. The molecule has 0 aliphatic heterocycles. The van der Waals surface area contributed by atoms with Gasteiger partial charge < -0.3 is 4.74 Å². The van der Waals surface area contributed by atoms with Crippen molar-refractivity contribution >= 4 is 13.8 Å². The minimum Gasteiger partial charge on any atom is -0.469 e. The zero-order valence-electron chi connectivity index (χ0n) is 4.81. The van der Waals surface area contributed by atoms with E-state index >= 15 is 0 Å². The van der Waals surface area contributed by atoms with Gasteiger partial charge >= 0.3 is 5.97 Å². The summed E-state index contributed by atoms with van der Waals surface area (Å²) in [6.45, 7) is 0. The average Bonchev–Trinajstić information content (AvgIpc) is 2.47. The van der Waals surface area contributed by atoms with E-state index in [4.69, 9.17) is 7.85 Å². The maximum atomic E-state index is 10.5. The lowest BCUT2D eigenvalue weighted by Gasteiger charge is -2.02. The standard InChI is InChI=1S/C5H7BO2/c1-8-4(7)5(6)2-3-5/h2-3H2,1H3. The van der Waals surface area contributed by atoms with Crippen LogP contribution in [0.3, 0.4) is 0 Å². The molecule has 2 radical (unpaired) electrons. The smallest absolute Gasteiger partial charge is 0.302 e. The Morgan fingerprint density at radius 1 is 1.75 bits per heavy atom. The zero-order valence-corrected chi connectivity index (χ0v) is 4.81. The van der Waals surface area contributed by atoms with E-state index in [0.29, 0.717) is 0 Å². The quantitative estimate of drug-likeness (QED) is 0.358. The molecule has 0 heterocycles. The number of carbonyl (C=O) groups is 1. The summed E-state index contributed by atoms with van der Waals surface area (Å²) in [5.41, 5.74) is 0. The van der Waals surface area contributed by atoms with Crippen LogP contribution in [0.25, 0.3) is 0 Å². The normalized spacial score (nSPS) is 22.1. The molecule has 8 heavy (non-hydrogen) atoms. The second-order valence-corrected chi connectivity index (χ2v) is 2.15. The molecule has 0 spiro atoms. The molecule has 1 saturated carbocycles. The molecule has 1 fully saturated rings. The summed E-state index contributed by atoms with van der Waals surface area (Å²) in [7, 11) is 6.78. The fourth-order valence-electron chi connectivity index (χ4n) is 0.542. The van der Waals surface area contributed by atoms with Crippen LogP contribution in [-0.2, 0) is 9.53 Å². The van der Waals surface area contributed by atoms with E-state index in [1.54, 1.807) is 0 Å².